The second-order valence-corrected chi connectivity index (χ2v) is 10.1. The quantitative estimate of drug-likeness (QED) is 0.535. The zero-order valence-corrected chi connectivity index (χ0v) is 20.9. The SMILES string of the molecule is O=C(C1CCCO1)N(CCC1=CCCCC1)Cc1cc2cc3c(cc2nc1N1CCOCC1)OCO3. The van der Waals surface area contributed by atoms with E-state index in [0.717, 1.165) is 79.0 Å². The van der Waals surface area contributed by atoms with E-state index in [1.807, 2.05) is 17.0 Å². The molecule has 8 nitrogen and oxygen atoms in total. The average molecular weight is 494 g/mol. The lowest BCUT2D eigenvalue weighted by Crippen LogP contribution is -2.41. The zero-order valence-electron chi connectivity index (χ0n) is 20.9. The molecule has 3 aliphatic heterocycles. The van der Waals surface area contributed by atoms with Gasteiger partial charge in [0.05, 0.1) is 18.7 Å². The van der Waals surface area contributed by atoms with E-state index in [2.05, 4.69) is 17.0 Å². The van der Waals surface area contributed by atoms with Gasteiger partial charge in [-0.25, -0.2) is 4.98 Å². The summed E-state index contributed by atoms with van der Waals surface area (Å²) in [5.74, 6) is 2.49. The van der Waals surface area contributed by atoms with E-state index < -0.39 is 0 Å². The Labute approximate surface area is 212 Å². The Morgan fingerprint density at radius 3 is 2.69 bits per heavy atom. The van der Waals surface area contributed by atoms with Crippen LogP contribution in [0.2, 0.25) is 0 Å². The summed E-state index contributed by atoms with van der Waals surface area (Å²) >= 11 is 0. The third-order valence-corrected chi connectivity index (χ3v) is 7.64. The van der Waals surface area contributed by atoms with Crippen LogP contribution in [0.4, 0.5) is 5.82 Å². The zero-order chi connectivity index (χ0) is 24.3. The Morgan fingerprint density at radius 2 is 1.92 bits per heavy atom. The first-order valence-corrected chi connectivity index (χ1v) is 13.4. The first-order chi connectivity index (χ1) is 17.7. The number of fused-ring (bicyclic) bond motifs is 2. The highest BCUT2D eigenvalue weighted by Crippen LogP contribution is 2.37. The van der Waals surface area contributed by atoms with Gasteiger partial charge in [-0.15, -0.1) is 0 Å². The number of benzene rings is 1. The Bertz CT molecular complexity index is 1140. The molecule has 0 bridgehead atoms. The number of carbonyl (C=O) groups is 1. The smallest absolute Gasteiger partial charge is 0.252 e. The highest BCUT2D eigenvalue weighted by Gasteiger charge is 2.30. The Kier molecular flexibility index (Phi) is 6.96. The summed E-state index contributed by atoms with van der Waals surface area (Å²) < 4.78 is 22.6. The monoisotopic (exact) mass is 493 g/mol. The molecule has 0 N–H and O–H groups in total. The maximum atomic E-state index is 13.6. The molecule has 2 aromatic rings. The number of pyridine rings is 1. The summed E-state index contributed by atoms with van der Waals surface area (Å²) in [6.45, 7) is 5.01. The maximum absolute atomic E-state index is 13.6. The lowest BCUT2D eigenvalue weighted by Gasteiger charge is -2.32. The molecule has 36 heavy (non-hydrogen) atoms. The normalized spacial score (nSPS) is 21.6. The van der Waals surface area contributed by atoms with Crippen molar-refractivity contribution in [3.8, 4) is 11.5 Å². The Hall–Kier alpha value is -2.84. The molecule has 192 valence electrons. The van der Waals surface area contributed by atoms with Crippen molar-refractivity contribution in [1.82, 2.24) is 9.88 Å². The van der Waals surface area contributed by atoms with Crippen LogP contribution in [0.5, 0.6) is 11.5 Å². The number of hydrogen-bond donors (Lipinski definition) is 0. The van der Waals surface area contributed by atoms with Crippen molar-refractivity contribution >= 4 is 22.6 Å². The number of hydrogen-bond acceptors (Lipinski definition) is 7. The van der Waals surface area contributed by atoms with Crippen LogP contribution >= 0.6 is 0 Å². The molecular weight excluding hydrogens is 458 g/mol. The van der Waals surface area contributed by atoms with E-state index in [-0.39, 0.29) is 18.8 Å². The number of carbonyl (C=O) groups excluding carboxylic acids is 1. The van der Waals surface area contributed by atoms with Crippen LogP contribution in [0.3, 0.4) is 0 Å². The molecule has 8 heteroatoms. The van der Waals surface area contributed by atoms with E-state index in [9.17, 15) is 4.79 Å². The minimum absolute atomic E-state index is 0.0996. The molecule has 2 fully saturated rings. The first-order valence-electron chi connectivity index (χ1n) is 13.4. The van der Waals surface area contributed by atoms with Crippen molar-refractivity contribution in [3.63, 3.8) is 0 Å². The number of nitrogens with zero attached hydrogens (tertiary/aromatic N) is 3. The van der Waals surface area contributed by atoms with Gasteiger partial charge < -0.3 is 28.7 Å². The number of morpholine rings is 1. The highest BCUT2D eigenvalue weighted by molar-refractivity contribution is 5.86. The first kappa shape index (κ1) is 23.6. The van der Waals surface area contributed by atoms with Crippen LogP contribution in [-0.4, -0.2) is 68.1 Å². The lowest BCUT2D eigenvalue weighted by atomic mass is 9.97. The minimum Gasteiger partial charge on any atom is -0.454 e. The second kappa shape index (κ2) is 10.6. The van der Waals surface area contributed by atoms with Crippen molar-refractivity contribution in [3.05, 3.63) is 35.4 Å². The number of anilines is 1. The van der Waals surface area contributed by atoms with Gasteiger partial charge in [0.1, 0.15) is 11.9 Å². The molecular formula is C28H35N3O5. The molecule has 0 radical (unpaired) electrons. The number of allylic oxidation sites excluding steroid dienone is 1. The molecule has 1 aromatic carbocycles. The molecule has 4 aliphatic rings. The van der Waals surface area contributed by atoms with Gasteiger partial charge in [-0.3, -0.25) is 4.79 Å². The van der Waals surface area contributed by atoms with Crippen molar-refractivity contribution in [2.24, 2.45) is 0 Å². The number of aromatic nitrogens is 1. The molecule has 1 aromatic heterocycles. The topological polar surface area (TPSA) is 73.4 Å². The standard InChI is InChI=1S/C28H35N3O5/c32-28(24-7-4-12-34-24)31(9-8-20-5-2-1-3-6-20)18-22-15-21-16-25-26(36-19-35-25)17-23(21)29-27(22)30-10-13-33-14-11-30/h5,15-17,24H,1-4,6-14,18-19H2. The van der Waals surface area contributed by atoms with E-state index in [4.69, 9.17) is 23.9 Å². The van der Waals surface area contributed by atoms with Crippen LogP contribution < -0.4 is 14.4 Å². The average Bonchev–Trinajstić information content (AvgIpc) is 3.62. The highest BCUT2D eigenvalue weighted by atomic mass is 16.7. The molecule has 1 unspecified atom stereocenters. The van der Waals surface area contributed by atoms with Crippen molar-refractivity contribution < 1.29 is 23.7 Å². The fourth-order valence-electron chi connectivity index (χ4n) is 5.62. The molecule has 4 heterocycles. The van der Waals surface area contributed by atoms with Crippen LogP contribution in [0.1, 0.15) is 50.5 Å². The van der Waals surface area contributed by atoms with E-state index in [1.165, 1.54) is 18.4 Å². The molecule has 1 atom stereocenters. The summed E-state index contributed by atoms with van der Waals surface area (Å²) in [4.78, 5) is 23.0. The third kappa shape index (κ3) is 5.02. The van der Waals surface area contributed by atoms with Crippen LogP contribution in [0.15, 0.2) is 29.8 Å². The molecule has 0 saturated carbocycles. The van der Waals surface area contributed by atoms with Gasteiger partial charge in [0, 0.05) is 49.8 Å². The second-order valence-electron chi connectivity index (χ2n) is 10.1. The minimum atomic E-state index is -0.334. The van der Waals surface area contributed by atoms with Gasteiger partial charge >= 0.3 is 0 Å². The predicted molar refractivity (Wildman–Crippen MR) is 136 cm³/mol. The fraction of sp³-hybridized carbons (Fsp3) is 0.571. The van der Waals surface area contributed by atoms with E-state index >= 15 is 0 Å². The molecule has 1 aliphatic carbocycles. The summed E-state index contributed by atoms with van der Waals surface area (Å²) in [6, 6.07) is 6.12. The van der Waals surface area contributed by atoms with Crippen LogP contribution in [0.25, 0.3) is 10.9 Å². The van der Waals surface area contributed by atoms with Gasteiger partial charge in [-0.05, 0) is 57.1 Å². The Balaban J connectivity index is 1.33. The maximum Gasteiger partial charge on any atom is 0.252 e. The van der Waals surface area contributed by atoms with Gasteiger partial charge in [-0.2, -0.15) is 0 Å². The number of rotatable bonds is 7. The van der Waals surface area contributed by atoms with Crippen molar-refractivity contribution in [2.45, 2.75) is 57.6 Å². The van der Waals surface area contributed by atoms with Crippen LogP contribution in [-0.2, 0) is 20.8 Å². The fourth-order valence-corrected chi connectivity index (χ4v) is 5.62. The molecule has 1 amide bonds. The summed E-state index contributed by atoms with van der Waals surface area (Å²) in [7, 11) is 0. The molecule has 2 saturated heterocycles. The number of ether oxygens (including phenoxy) is 4. The predicted octanol–water partition coefficient (Wildman–Crippen LogP) is 4.20. The van der Waals surface area contributed by atoms with Gasteiger partial charge in [-0.1, -0.05) is 11.6 Å². The Morgan fingerprint density at radius 1 is 1.06 bits per heavy atom. The van der Waals surface area contributed by atoms with Crippen LogP contribution in [0, 0.1) is 0 Å². The van der Waals surface area contributed by atoms with Crippen molar-refractivity contribution in [1.29, 1.82) is 0 Å². The summed E-state index contributed by atoms with van der Waals surface area (Å²) in [5, 5.41) is 0.991. The van der Waals surface area contributed by atoms with E-state index in [1.54, 1.807) is 0 Å². The number of amides is 1. The largest absolute Gasteiger partial charge is 0.454 e. The summed E-state index contributed by atoms with van der Waals surface area (Å²) in [5.41, 5.74) is 3.39. The van der Waals surface area contributed by atoms with Gasteiger partial charge in [0.15, 0.2) is 11.5 Å². The van der Waals surface area contributed by atoms with Gasteiger partial charge in [0.2, 0.25) is 6.79 Å². The van der Waals surface area contributed by atoms with Crippen molar-refractivity contribution in [2.75, 3.05) is 51.1 Å². The van der Waals surface area contributed by atoms with E-state index in [0.29, 0.717) is 32.9 Å². The van der Waals surface area contributed by atoms with Gasteiger partial charge in [0.25, 0.3) is 5.91 Å². The third-order valence-electron chi connectivity index (χ3n) is 7.64. The molecule has 0 spiro atoms. The molecule has 6 rings (SSSR count). The summed E-state index contributed by atoms with van der Waals surface area (Å²) in [6.07, 6.45) is 9.52. The lowest BCUT2D eigenvalue weighted by molar-refractivity contribution is -0.141.